The molecule has 8 nitrogen and oxygen atoms in total. The summed E-state index contributed by atoms with van der Waals surface area (Å²) in [5.41, 5.74) is 5.75. The molecule has 2 N–H and O–H groups in total. The van der Waals surface area contributed by atoms with E-state index in [1.54, 1.807) is 0 Å². The second kappa shape index (κ2) is 14.6. The van der Waals surface area contributed by atoms with Crippen LogP contribution in [0.5, 0.6) is 17.2 Å². The van der Waals surface area contributed by atoms with E-state index in [4.69, 9.17) is 24.1 Å². The summed E-state index contributed by atoms with van der Waals surface area (Å²) < 4.78 is 17.0. The second-order valence-electron chi connectivity index (χ2n) is 10.2. The van der Waals surface area contributed by atoms with E-state index in [9.17, 15) is 4.79 Å². The van der Waals surface area contributed by atoms with Gasteiger partial charge in [-0.15, -0.1) is 0 Å². The third-order valence-electron chi connectivity index (χ3n) is 7.62. The Morgan fingerprint density at radius 2 is 1.66 bits per heavy atom. The van der Waals surface area contributed by atoms with E-state index >= 15 is 0 Å². The Morgan fingerprint density at radius 3 is 2.32 bits per heavy atom. The van der Waals surface area contributed by atoms with E-state index in [0.717, 1.165) is 55.2 Å². The van der Waals surface area contributed by atoms with Gasteiger partial charge in [0.25, 0.3) is 6.47 Å². The minimum Gasteiger partial charge on any atom is -0.494 e. The van der Waals surface area contributed by atoms with Gasteiger partial charge in [-0.1, -0.05) is 57.2 Å². The highest BCUT2D eigenvalue weighted by molar-refractivity contribution is 5.94. The van der Waals surface area contributed by atoms with Crippen molar-refractivity contribution in [3.05, 3.63) is 82.9 Å². The molecule has 0 aliphatic carbocycles. The second-order valence-corrected chi connectivity index (χ2v) is 10.2. The van der Waals surface area contributed by atoms with Crippen molar-refractivity contribution in [2.75, 3.05) is 31.8 Å². The maximum absolute atomic E-state index is 13.4. The van der Waals surface area contributed by atoms with Crippen LogP contribution in [0.2, 0.25) is 0 Å². The summed E-state index contributed by atoms with van der Waals surface area (Å²) in [7, 11) is 0. The lowest BCUT2D eigenvalue weighted by atomic mass is 9.93. The van der Waals surface area contributed by atoms with Crippen LogP contribution >= 0.6 is 0 Å². The Balaban J connectivity index is 0.00000124. The molecule has 2 heterocycles. The normalized spacial score (nSPS) is 17.4. The lowest BCUT2D eigenvalue weighted by Gasteiger charge is -2.25. The van der Waals surface area contributed by atoms with Crippen LogP contribution < -0.4 is 19.5 Å². The number of carbonyl (C=O) groups is 2. The molecule has 3 aromatic carbocycles. The number of carbonyl (C=O) groups excluding carboxylic acids is 1. The number of likely N-dealkylation sites (tertiary alicyclic amines) is 1. The average molecular weight is 561 g/mol. The molecule has 0 radical (unpaired) electrons. The number of hydrogen-bond acceptors (Lipinski definition) is 6. The van der Waals surface area contributed by atoms with Gasteiger partial charge in [-0.25, -0.2) is 0 Å². The maximum Gasteiger partial charge on any atom is 0.290 e. The zero-order valence-electron chi connectivity index (χ0n) is 24.1. The maximum atomic E-state index is 13.4. The molecule has 3 aromatic rings. The molecule has 1 fully saturated rings. The fraction of sp³-hybridized carbons (Fsp3) is 0.394. The fourth-order valence-electron chi connectivity index (χ4n) is 5.61. The number of benzene rings is 3. The van der Waals surface area contributed by atoms with Crippen LogP contribution in [-0.2, 0) is 22.4 Å². The molecule has 41 heavy (non-hydrogen) atoms. The Labute approximate surface area is 242 Å². The summed E-state index contributed by atoms with van der Waals surface area (Å²) in [6.45, 7) is 8.22. The monoisotopic (exact) mass is 560 g/mol. The van der Waals surface area contributed by atoms with Gasteiger partial charge in [0.05, 0.1) is 13.2 Å². The van der Waals surface area contributed by atoms with E-state index in [0.29, 0.717) is 13.2 Å². The number of amides is 1. The van der Waals surface area contributed by atoms with Crippen molar-refractivity contribution in [1.82, 2.24) is 4.90 Å². The minimum absolute atomic E-state index is 0.0276. The standard InChI is InChI=1S/C32H38N2O4.CH2O2/c1-4-16-36-27-13-10-24(11-14-27)28-17-26(25-12-15-29-30(18-25)38-21-37-29)19-34(28)20-31(35)33-32-22(5-2)8-7-9-23(32)6-3;2-1-3/h7-15,18,26,28H,4-6,16-17,19-21H2,1-3H3,(H,33,35);1H,(H,2,3)/t26-,28-;/m1./s1. The Kier molecular flexibility index (Phi) is 10.6. The van der Waals surface area contributed by atoms with Crippen molar-refractivity contribution in [2.24, 2.45) is 0 Å². The van der Waals surface area contributed by atoms with Gasteiger partial charge in [-0.05, 0) is 78.1 Å². The molecular formula is C33H40N2O6. The van der Waals surface area contributed by atoms with Crippen LogP contribution in [0.4, 0.5) is 5.69 Å². The van der Waals surface area contributed by atoms with Crippen LogP contribution in [0.3, 0.4) is 0 Å². The van der Waals surface area contributed by atoms with Gasteiger partial charge in [-0.2, -0.15) is 0 Å². The molecule has 8 heteroatoms. The average Bonchev–Trinajstić information content (AvgIpc) is 3.63. The first-order valence-electron chi connectivity index (χ1n) is 14.4. The third-order valence-corrected chi connectivity index (χ3v) is 7.62. The zero-order chi connectivity index (χ0) is 29.2. The molecular weight excluding hydrogens is 520 g/mol. The minimum atomic E-state index is -0.250. The molecule has 2 aliphatic rings. The first-order chi connectivity index (χ1) is 20.0. The topological polar surface area (TPSA) is 97.3 Å². The van der Waals surface area contributed by atoms with E-state index < -0.39 is 0 Å². The number of nitrogens with one attached hydrogen (secondary N) is 1. The van der Waals surface area contributed by atoms with Gasteiger partial charge in [0.15, 0.2) is 11.5 Å². The third kappa shape index (κ3) is 7.38. The smallest absolute Gasteiger partial charge is 0.290 e. The van der Waals surface area contributed by atoms with E-state index in [-0.39, 0.29) is 31.1 Å². The van der Waals surface area contributed by atoms with Gasteiger partial charge in [-0.3, -0.25) is 14.5 Å². The van der Waals surface area contributed by atoms with E-state index in [2.05, 4.69) is 73.5 Å². The predicted octanol–water partition coefficient (Wildman–Crippen LogP) is 6.20. The van der Waals surface area contributed by atoms with Gasteiger partial charge in [0.2, 0.25) is 12.7 Å². The van der Waals surface area contributed by atoms with Crippen molar-refractivity contribution in [2.45, 2.75) is 58.4 Å². The van der Waals surface area contributed by atoms with Gasteiger partial charge in [0.1, 0.15) is 5.75 Å². The molecule has 0 saturated carbocycles. The molecule has 2 atom stereocenters. The number of para-hydroxylation sites is 1. The lowest BCUT2D eigenvalue weighted by molar-refractivity contribution is -0.123. The van der Waals surface area contributed by atoms with E-state index in [1.807, 2.05) is 18.2 Å². The van der Waals surface area contributed by atoms with Crippen LogP contribution in [0.15, 0.2) is 60.7 Å². The Morgan fingerprint density at radius 1 is 1.00 bits per heavy atom. The highest BCUT2D eigenvalue weighted by Crippen LogP contribution is 2.43. The summed E-state index contributed by atoms with van der Waals surface area (Å²) >= 11 is 0. The van der Waals surface area contributed by atoms with Crippen LogP contribution in [0.25, 0.3) is 0 Å². The molecule has 5 rings (SSSR count). The van der Waals surface area contributed by atoms with Crippen molar-refractivity contribution in [3.63, 3.8) is 0 Å². The molecule has 218 valence electrons. The first kappa shape index (κ1) is 29.9. The van der Waals surface area contributed by atoms with Crippen molar-refractivity contribution < 1.29 is 28.9 Å². The summed E-state index contributed by atoms with van der Waals surface area (Å²) in [5.74, 6) is 2.79. The molecule has 1 saturated heterocycles. The van der Waals surface area contributed by atoms with Crippen molar-refractivity contribution >= 4 is 18.1 Å². The largest absolute Gasteiger partial charge is 0.494 e. The number of ether oxygens (including phenoxy) is 3. The highest BCUT2D eigenvalue weighted by atomic mass is 16.7. The first-order valence-corrected chi connectivity index (χ1v) is 14.4. The number of nitrogens with zero attached hydrogens (tertiary/aromatic N) is 1. The number of hydrogen-bond donors (Lipinski definition) is 2. The molecule has 2 aliphatic heterocycles. The molecule has 0 aromatic heterocycles. The number of aryl methyl sites for hydroxylation is 2. The Hall–Kier alpha value is -4.04. The number of fused-ring (bicyclic) bond motifs is 1. The highest BCUT2D eigenvalue weighted by Gasteiger charge is 2.35. The zero-order valence-corrected chi connectivity index (χ0v) is 24.1. The predicted molar refractivity (Wildman–Crippen MR) is 159 cm³/mol. The quantitative estimate of drug-likeness (QED) is 0.285. The molecule has 0 unspecified atom stereocenters. The SMILES string of the molecule is CCCOc1ccc([C@H]2C[C@@H](c3ccc4c(c3)OCO4)CN2CC(=O)Nc2c(CC)cccc2CC)cc1.O=CO. The van der Waals surface area contributed by atoms with Crippen molar-refractivity contribution in [1.29, 1.82) is 0 Å². The molecule has 1 amide bonds. The molecule has 0 bridgehead atoms. The fourth-order valence-corrected chi connectivity index (χ4v) is 5.61. The number of anilines is 1. The summed E-state index contributed by atoms with van der Waals surface area (Å²) in [5, 5.41) is 10.2. The van der Waals surface area contributed by atoms with Gasteiger partial charge < -0.3 is 24.6 Å². The summed E-state index contributed by atoms with van der Waals surface area (Å²) in [6.07, 6.45) is 3.67. The summed E-state index contributed by atoms with van der Waals surface area (Å²) in [4.78, 5) is 24.1. The Bertz CT molecular complexity index is 1290. The van der Waals surface area contributed by atoms with Crippen molar-refractivity contribution in [3.8, 4) is 17.2 Å². The van der Waals surface area contributed by atoms with Crippen LogP contribution in [-0.4, -0.2) is 48.9 Å². The van der Waals surface area contributed by atoms with Gasteiger partial charge in [0, 0.05) is 18.3 Å². The lowest BCUT2D eigenvalue weighted by Crippen LogP contribution is -2.33. The number of rotatable bonds is 10. The van der Waals surface area contributed by atoms with E-state index in [1.165, 1.54) is 22.3 Å². The molecule has 0 spiro atoms. The summed E-state index contributed by atoms with van der Waals surface area (Å²) in [6, 6.07) is 21.0. The number of carboxylic acid groups (broad SMARTS) is 1. The van der Waals surface area contributed by atoms with Crippen LogP contribution in [0, 0.1) is 0 Å². The van der Waals surface area contributed by atoms with Gasteiger partial charge >= 0.3 is 0 Å². The van der Waals surface area contributed by atoms with Crippen LogP contribution in [0.1, 0.15) is 67.8 Å².